The van der Waals surface area contributed by atoms with Crippen molar-refractivity contribution >= 4 is 38.2 Å². The molecule has 0 radical (unpaired) electrons. The second kappa shape index (κ2) is 10.3. The molecule has 2 aliphatic rings. The summed E-state index contributed by atoms with van der Waals surface area (Å²) in [7, 11) is 3.45. The van der Waals surface area contributed by atoms with Gasteiger partial charge in [-0.1, -0.05) is 12.6 Å². The van der Waals surface area contributed by atoms with Crippen LogP contribution in [0.15, 0.2) is 60.6 Å². The molecule has 0 spiro atoms. The summed E-state index contributed by atoms with van der Waals surface area (Å²) < 4.78 is 44.0. The van der Waals surface area contributed by atoms with Crippen LogP contribution in [0.1, 0.15) is 11.6 Å². The number of nitrogens with zero attached hydrogens (tertiary/aromatic N) is 4. The number of ether oxygens (including phenoxy) is 2. The number of aromatic nitrogens is 3. The molecule has 0 bridgehead atoms. The van der Waals surface area contributed by atoms with Crippen LogP contribution in [-0.2, 0) is 16.6 Å². The highest BCUT2D eigenvalue weighted by Crippen LogP contribution is 2.61. The second-order valence-corrected chi connectivity index (χ2v) is 11.7. The predicted octanol–water partition coefficient (Wildman–Crippen LogP) is 6.18. The van der Waals surface area contributed by atoms with Gasteiger partial charge in [0.05, 0.1) is 35.3 Å². The van der Waals surface area contributed by atoms with Gasteiger partial charge in [0.1, 0.15) is 24.0 Å². The van der Waals surface area contributed by atoms with E-state index in [9.17, 15) is 9.18 Å². The highest BCUT2D eigenvalue weighted by Gasteiger charge is 2.58. The smallest absolute Gasteiger partial charge is 0.245 e. The zero-order chi connectivity index (χ0) is 29.1. The zero-order valence-corrected chi connectivity index (χ0v) is 24.0. The number of fused-ring (bicyclic) bond motifs is 3. The maximum atomic E-state index is 15.9. The number of likely N-dealkylation sites (tertiary alicyclic amines) is 1. The summed E-state index contributed by atoms with van der Waals surface area (Å²) in [6.45, 7) is 5.21. The Morgan fingerprint density at radius 1 is 1.14 bits per heavy atom. The van der Waals surface area contributed by atoms with Crippen molar-refractivity contribution in [2.24, 2.45) is 18.9 Å². The lowest BCUT2D eigenvalue weighted by Gasteiger charge is -2.21. The van der Waals surface area contributed by atoms with Crippen molar-refractivity contribution in [1.29, 1.82) is 0 Å². The van der Waals surface area contributed by atoms with E-state index in [2.05, 4.69) is 17.7 Å². The number of hydrogen-bond acceptors (Lipinski definition) is 6. The molecular weight excluding hydrogens is 558 g/mol. The van der Waals surface area contributed by atoms with Crippen LogP contribution in [0.5, 0.6) is 5.75 Å². The van der Waals surface area contributed by atoms with E-state index in [0.717, 1.165) is 44.0 Å². The minimum Gasteiger partial charge on any atom is -0.490 e. The van der Waals surface area contributed by atoms with Crippen molar-refractivity contribution in [3.05, 3.63) is 78.0 Å². The highest BCUT2D eigenvalue weighted by molar-refractivity contribution is 7.17. The number of carbonyl (C=O) groups excluding carboxylic acids is 1. The summed E-state index contributed by atoms with van der Waals surface area (Å²) in [6, 6.07) is 10.2. The number of aryl methyl sites for hydroxylation is 1. The number of hydrogen-bond donors (Lipinski definition) is 0. The van der Waals surface area contributed by atoms with Gasteiger partial charge in [-0.3, -0.25) is 14.5 Å². The number of amides is 1. The Morgan fingerprint density at radius 2 is 1.95 bits per heavy atom. The van der Waals surface area contributed by atoms with Gasteiger partial charge >= 0.3 is 0 Å². The molecule has 3 aromatic heterocycles. The Hall–Kier alpha value is -4.15. The molecule has 42 heavy (non-hydrogen) atoms. The Morgan fingerprint density at radius 3 is 2.71 bits per heavy atom. The number of rotatable bonds is 8. The van der Waals surface area contributed by atoms with Crippen LogP contribution in [0, 0.1) is 23.5 Å². The maximum absolute atomic E-state index is 15.9. The lowest BCUT2D eigenvalue weighted by atomic mass is 9.94. The van der Waals surface area contributed by atoms with Crippen LogP contribution in [0.3, 0.4) is 0 Å². The van der Waals surface area contributed by atoms with E-state index in [1.807, 2.05) is 41.5 Å². The van der Waals surface area contributed by atoms with Gasteiger partial charge in [0.15, 0.2) is 0 Å². The standard InChI is InChI=1S/C32H28F2N4O3S/c1-4-26(39)38-15-21-22(16-38)27(21)31-29(28-23(34)12-19(33)13-25(28)41-9-8-40-3)32-20(7-10-42-32)30(36-31)17-5-6-24-18(11-17)14-35-37(24)2/h4-7,10-14,21-22,27H,1,8-9,15-16H2,2-3H3. The first-order valence-corrected chi connectivity index (χ1v) is 14.6. The molecule has 10 heteroatoms. The zero-order valence-electron chi connectivity index (χ0n) is 23.1. The SMILES string of the molecule is C=CC(=O)N1CC2C(C1)C2c1nc(-c2ccc3c(cnn3C)c2)c2ccsc2c1-c1c(F)cc(F)cc1OCCOC. The van der Waals surface area contributed by atoms with Gasteiger partial charge in [0.25, 0.3) is 0 Å². The predicted molar refractivity (Wildman–Crippen MR) is 159 cm³/mol. The summed E-state index contributed by atoms with van der Waals surface area (Å²) in [5.41, 5.74) is 4.29. The average Bonchev–Trinajstić information content (AvgIpc) is 3.39. The van der Waals surface area contributed by atoms with E-state index in [0.29, 0.717) is 18.7 Å². The van der Waals surface area contributed by atoms with E-state index in [-0.39, 0.29) is 48.2 Å². The van der Waals surface area contributed by atoms with E-state index >= 15 is 4.39 Å². The largest absolute Gasteiger partial charge is 0.490 e. The molecule has 5 aromatic rings. The van der Waals surface area contributed by atoms with Crippen molar-refractivity contribution in [3.8, 4) is 28.1 Å². The Labute approximate surface area is 245 Å². The first kappa shape index (κ1) is 26.7. The van der Waals surface area contributed by atoms with Crippen molar-refractivity contribution in [2.45, 2.75) is 5.92 Å². The highest BCUT2D eigenvalue weighted by atomic mass is 32.1. The Balaban J connectivity index is 1.44. The van der Waals surface area contributed by atoms with Crippen molar-refractivity contribution in [1.82, 2.24) is 19.7 Å². The Bertz CT molecular complexity index is 1870. The summed E-state index contributed by atoms with van der Waals surface area (Å²) in [6.07, 6.45) is 3.16. The Kier molecular flexibility index (Phi) is 6.55. The number of halogens is 2. The molecule has 4 heterocycles. The van der Waals surface area contributed by atoms with Crippen LogP contribution in [-0.4, -0.2) is 59.0 Å². The minimum absolute atomic E-state index is 0.0116. The molecule has 1 saturated carbocycles. The molecule has 0 N–H and O–H groups in total. The maximum Gasteiger partial charge on any atom is 0.245 e. The molecule has 2 unspecified atom stereocenters. The molecule has 2 fully saturated rings. The topological polar surface area (TPSA) is 69.5 Å². The van der Waals surface area contributed by atoms with Crippen LogP contribution in [0.4, 0.5) is 8.78 Å². The van der Waals surface area contributed by atoms with Gasteiger partial charge < -0.3 is 14.4 Å². The van der Waals surface area contributed by atoms with Gasteiger partial charge in [-0.15, -0.1) is 11.3 Å². The first-order valence-electron chi connectivity index (χ1n) is 13.7. The number of pyridine rings is 1. The summed E-state index contributed by atoms with van der Waals surface area (Å²) >= 11 is 1.50. The lowest BCUT2D eigenvalue weighted by Crippen LogP contribution is -2.29. The molecule has 1 saturated heterocycles. The van der Waals surface area contributed by atoms with Crippen LogP contribution < -0.4 is 4.74 Å². The molecule has 7 rings (SSSR count). The summed E-state index contributed by atoms with van der Waals surface area (Å²) in [5, 5.41) is 8.22. The fourth-order valence-corrected chi connectivity index (χ4v) is 7.39. The first-order chi connectivity index (χ1) is 20.4. The molecule has 1 aliphatic heterocycles. The number of thiophene rings is 1. The molecular formula is C32H28F2N4O3S. The van der Waals surface area contributed by atoms with Crippen LogP contribution in [0.25, 0.3) is 43.4 Å². The molecule has 7 nitrogen and oxygen atoms in total. The monoisotopic (exact) mass is 586 g/mol. The van der Waals surface area contributed by atoms with Gasteiger partial charge in [-0.2, -0.15) is 5.10 Å². The number of benzene rings is 2. The van der Waals surface area contributed by atoms with E-state index in [4.69, 9.17) is 14.5 Å². The average molecular weight is 587 g/mol. The normalized spacial score (nSPS) is 19.4. The summed E-state index contributed by atoms with van der Waals surface area (Å²) in [5.74, 6) is -1.02. The number of methoxy groups -OCH3 is 1. The van der Waals surface area contributed by atoms with Gasteiger partial charge in [0.2, 0.25) is 5.91 Å². The molecule has 1 amide bonds. The molecule has 214 valence electrons. The third-order valence-corrected chi connectivity index (χ3v) is 9.40. The summed E-state index contributed by atoms with van der Waals surface area (Å²) in [4.78, 5) is 19.4. The van der Waals surface area contributed by atoms with Crippen molar-refractivity contribution < 1.29 is 23.0 Å². The third-order valence-electron chi connectivity index (χ3n) is 8.47. The van der Waals surface area contributed by atoms with E-state index in [1.165, 1.54) is 23.5 Å². The van der Waals surface area contributed by atoms with Crippen LogP contribution in [0.2, 0.25) is 0 Å². The molecule has 2 aromatic carbocycles. The quantitative estimate of drug-likeness (QED) is 0.161. The van der Waals surface area contributed by atoms with Crippen molar-refractivity contribution in [2.75, 3.05) is 33.4 Å². The lowest BCUT2D eigenvalue weighted by molar-refractivity contribution is -0.125. The van der Waals surface area contributed by atoms with Crippen molar-refractivity contribution in [3.63, 3.8) is 0 Å². The minimum atomic E-state index is -0.719. The molecule has 2 atom stereocenters. The molecule has 1 aliphatic carbocycles. The number of carbonyl (C=O) groups is 1. The van der Waals surface area contributed by atoms with E-state index in [1.54, 1.807) is 12.0 Å². The van der Waals surface area contributed by atoms with Gasteiger partial charge in [-0.25, -0.2) is 8.78 Å². The fraction of sp³-hybridized carbons (Fsp3) is 0.281. The van der Waals surface area contributed by atoms with E-state index < -0.39 is 11.6 Å². The second-order valence-electron chi connectivity index (χ2n) is 10.8. The van der Waals surface area contributed by atoms with Gasteiger partial charge in [-0.05, 0) is 41.5 Å². The number of piperidine rings is 1. The third kappa shape index (κ3) is 4.28. The fourth-order valence-electron chi connectivity index (χ4n) is 6.44. The van der Waals surface area contributed by atoms with Crippen LogP contribution >= 0.6 is 11.3 Å². The van der Waals surface area contributed by atoms with Gasteiger partial charge in [0, 0.05) is 71.9 Å².